The van der Waals surface area contributed by atoms with Crippen molar-refractivity contribution in [1.82, 2.24) is 10.3 Å². The molecule has 0 bridgehead atoms. The van der Waals surface area contributed by atoms with Gasteiger partial charge in [-0.05, 0) is 37.5 Å². The lowest BCUT2D eigenvalue weighted by molar-refractivity contribution is -0.141. The number of H-pyrrole nitrogens is 1. The molecule has 1 amide bonds. The number of aromatic amines is 1. The molecule has 3 aromatic rings. The maximum Gasteiger partial charge on any atom is 0.308 e. The monoisotopic (exact) mass is 364 g/mol. The van der Waals surface area contributed by atoms with Crippen LogP contribution in [0.1, 0.15) is 22.4 Å². The molecule has 3 rings (SSSR count). The second-order valence-electron chi connectivity index (χ2n) is 6.98. The van der Waals surface area contributed by atoms with Crippen molar-refractivity contribution in [2.75, 3.05) is 6.54 Å². The molecule has 0 aliphatic carbocycles. The number of aromatic nitrogens is 1. The summed E-state index contributed by atoms with van der Waals surface area (Å²) in [7, 11) is 0. The summed E-state index contributed by atoms with van der Waals surface area (Å²) in [6, 6.07) is 15.6. The highest BCUT2D eigenvalue weighted by molar-refractivity contribution is 5.90. The molecule has 0 spiro atoms. The zero-order valence-electron chi connectivity index (χ0n) is 15.6. The van der Waals surface area contributed by atoms with Gasteiger partial charge in [-0.1, -0.05) is 48.0 Å². The molecule has 1 atom stereocenters. The van der Waals surface area contributed by atoms with Crippen LogP contribution in [0.5, 0.6) is 0 Å². The van der Waals surface area contributed by atoms with Gasteiger partial charge in [-0.15, -0.1) is 0 Å². The number of amides is 1. The van der Waals surface area contributed by atoms with Crippen molar-refractivity contribution in [1.29, 1.82) is 0 Å². The lowest BCUT2D eigenvalue weighted by Crippen LogP contribution is -2.35. The van der Waals surface area contributed by atoms with Crippen molar-refractivity contribution in [2.45, 2.75) is 26.7 Å². The number of aryl methyl sites for hydroxylation is 2. The van der Waals surface area contributed by atoms with Crippen LogP contribution in [0, 0.1) is 19.8 Å². The van der Waals surface area contributed by atoms with Crippen LogP contribution in [0.2, 0.25) is 0 Å². The van der Waals surface area contributed by atoms with Gasteiger partial charge in [-0.2, -0.15) is 0 Å². The summed E-state index contributed by atoms with van der Waals surface area (Å²) in [6.07, 6.45) is 0.621. The Hall–Kier alpha value is -3.08. The summed E-state index contributed by atoms with van der Waals surface area (Å²) in [6.45, 7) is 4.04. The molecule has 0 aliphatic rings. The van der Waals surface area contributed by atoms with E-state index in [0.717, 1.165) is 33.3 Å². The number of hydrogen-bond acceptors (Lipinski definition) is 2. The smallest absolute Gasteiger partial charge is 0.308 e. The Labute approximate surface area is 158 Å². The van der Waals surface area contributed by atoms with Gasteiger partial charge in [0.15, 0.2) is 0 Å². The minimum absolute atomic E-state index is 0.115. The zero-order chi connectivity index (χ0) is 19.4. The standard InChI is InChI=1S/C22H24N2O3/c1-14-6-5-7-16(10-14)11-17(22(26)27)13-23-21(25)12-19-15(2)24-20-9-4-3-8-18(19)20/h3-10,17,24H,11-13H2,1-2H3,(H,23,25)(H,26,27). The quantitative estimate of drug-likeness (QED) is 0.601. The highest BCUT2D eigenvalue weighted by Crippen LogP contribution is 2.22. The van der Waals surface area contributed by atoms with Crippen LogP contribution in [0.15, 0.2) is 48.5 Å². The van der Waals surface area contributed by atoms with E-state index in [2.05, 4.69) is 10.3 Å². The Kier molecular flexibility index (Phi) is 5.60. The first-order valence-electron chi connectivity index (χ1n) is 9.05. The fourth-order valence-corrected chi connectivity index (χ4v) is 3.39. The van der Waals surface area contributed by atoms with Gasteiger partial charge >= 0.3 is 5.97 Å². The van der Waals surface area contributed by atoms with Crippen molar-refractivity contribution in [3.05, 3.63) is 70.9 Å². The first-order valence-corrected chi connectivity index (χ1v) is 9.05. The number of rotatable bonds is 7. The van der Waals surface area contributed by atoms with Gasteiger partial charge in [0, 0.05) is 23.1 Å². The number of carbonyl (C=O) groups is 2. The normalized spacial score (nSPS) is 12.1. The average molecular weight is 364 g/mol. The molecule has 1 heterocycles. The van der Waals surface area contributed by atoms with Gasteiger partial charge in [0.25, 0.3) is 0 Å². The van der Waals surface area contributed by atoms with Gasteiger partial charge < -0.3 is 15.4 Å². The van der Waals surface area contributed by atoms with Crippen LogP contribution in [0.3, 0.4) is 0 Å². The predicted octanol–water partition coefficient (Wildman–Crippen LogP) is 3.39. The second-order valence-corrected chi connectivity index (χ2v) is 6.98. The summed E-state index contributed by atoms with van der Waals surface area (Å²) in [5.41, 5.74) is 4.97. The number of hydrogen-bond donors (Lipinski definition) is 3. The molecular weight excluding hydrogens is 340 g/mol. The molecule has 140 valence electrons. The van der Waals surface area contributed by atoms with E-state index < -0.39 is 11.9 Å². The van der Waals surface area contributed by atoms with Crippen molar-refractivity contribution in [2.24, 2.45) is 5.92 Å². The number of aliphatic carboxylic acids is 1. The molecule has 0 saturated carbocycles. The number of benzene rings is 2. The second kappa shape index (κ2) is 8.08. The number of fused-ring (bicyclic) bond motifs is 1. The highest BCUT2D eigenvalue weighted by atomic mass is 16.4. The van der Waals surface area contributed by atoms with Crippen LogP contribution in [0.25, 0.3) is 10.9 Å². The third-order valence-corrected chi connectivity index (χ3v) is 4.82. The number of para-hydroxylation sites is 1. The van der Waals surface area contributed by atoms with E-state index in [0.29, 0.717) is 6.42 Å². The maximum atomic E-state index is 12.4. The van der Waals surface area contributed by atoms with Crippen LogP contribution < -0.4 is 5.32 Å². The number of nitrogens with one attached hydrogen (secondary N) is 2. The third kappa shape index (κ3) is 4.56. The van der Waals surface area contributed by atoms with E-state index in [4.69, 9.17) is 0 Å². The molecule has 5 nitrogen and oxygen atoms in total. The Morgan fingerprint density at radius 2 is 1.89 bits per heavy atom. The molecule has 1 unspecified atom stereocenters. The lowest BCUT2D eigenvalue weighted by atomic mass is 9.98. The fraction of sp³-hybridized carbons (Fsp3) is 0.273. The van der Waals surface area contributed by atoms with Gasteiger partial charge in [-0.25, -0.2) is 0 Å². The van der Waals surface area contributed by atoms with E-state index >= 15 is 0 Å². The lowest BCUT2D eigenvalue weighted by Gasteiger charge is -2.14. The molecule has 0 saturated heterocycles. The van der Waals surface area contributed by atoms with Gasteiger partial charge in [0.05, 0.1) is 12.3 Å². The molecule has 5 heteroatoms. The van der Waals surface area contributed by atoms with Gasteiger partial charge in [0.2, 0.25) is 5.91 Å². The van der Waals surface area contributed by atoms with Crippen LogP contribution in [-0.2, 0) is 22.4 Å². The predicted molar refractivity (Wildman–Crippen MR) is 106 cm³/mol. The molecule has 0 aliphatic heterocycles. The molecule has 3 N–H and O–H groups in total. The van der Waals surface area contributed by atoms with Crippen molar-refractivity contribution < 1.29 is 14.7 Å². The molecular formula is C22H24N2O3. The van der Waals surface area contributed by atoms with Crippen molar-refractivity contribution in [3.8, 4) is 0 Å². The number of carbonyl (C=O) groups excluding carboxylic acids is 1. The van der Waals surface area contributed by atoms with Crippen LogP contribution in [0.4, 0.5) is 0 Å². The Bertz CT molecular complexity index is 975. The fourth-order valence-electron chi connectivity index (χ4n) is 3.39. The largest absolute Gasteiger partial charge is 0.481 e. The molecule has 2 aromatic carbocycles. The number of carboxylic acid groups (broad SMARTS) is 1. The van der Waals surface area contributed by atoms with Crippen LogP contribution >= 0.6 is 0 Å². The minimum Gasteiger partial charge on any atom is -0.481 e. The maximum absolute atomic E-state index is 12.4. The van der Waals surface area contributed by atoms with Crippen molar-refractivity contribution in [3.63, 3.8) is 0 Å². The van der Waals surface area contributed by atoms with E-state index in [1.165, 1.54) is 0 Å². The third-order valence-electron chi connectivity index (χ3n) is 4.82. The summed E-state index contributed by atoms with van der Waals surface area (Å²) < 4.78 is 0. The molecule has 27 heavy (non-hydrogen) atoms. The summed E-state index contributed by atoms with van der Waals surface area (Å²) in [4.78, 5) is 27.3. The first-order chi connectivity index (χ1) is 12.9. The molecule has 1 aromatic heterocycles. The van der Waals surface area contributed by atoms with Crippen LogP contribution in [-0.4, -0.2) is 28.5 Å². The van der Waals surface area contributed by atoms with E-state index in [-0.39, 0.29) is 18.9 Å². The summed E-state index contributed by atoms with van der Waals surface area (Å²) in [5.74, 6) is -1.72. The van der Waals surface area contributed by atoms with E-state index in [1.807, 2.05) is 62.4 Å². The minimum atomic E-state index is -0.903. The Balaban J connectivity index is 1.64. The summed E-state index contributed by atoms with van der Waals surface area (Å²) in [5, 5.41) is 13.3. The SMILES string of the molecule is Cc1cccc(CC(CNC(=O)Cc2c(C)[nH]c3ccccc23)C(=O)O)c1. The topological polar surface area (TPSA) is 82.2 Å². The highest BCUT2D eigenvalue weighted by Gasteiger charge is 2.20. The van der Waals surface area contributed by atoms with E-state index in [1.54, 1.807) is 0 Å². The molecule has 0 radical (unpaired) electrons. The first kappa shape index (κ1) is 18.7. The zero-order valence-corrected chi connectivity index (χ0v) is 15.6. The molecule has 0 fully saturated rings. The Morgan fingerprint density at radius 1 is 1.11 bits per heavy atom. The average Bonchev–Trinajstić information content (AvgIpc) is 2.94. The number of carboxylic acids is 1. The summed E-state index contributed by atoms with van der Waals surface area (Å²) >= 11 is 0. The van der Waals surface area contributed by atoms with Gasteiger partial charge in [-0.3, -0.25) is 9.59 Å². The van der Waals surface area contributed by atoms with Gasteiger partial charge in [0.1, 0.15) is 0 Å². The van der Waals surface area contributed by atoms with Crippen molar-refractivity contribution >= 4 is 22.8 Å². The van der Waals surface area contributed by atoms with E-state index in [9.17, 15) is 14.7 Å². The Morgan fingerprint density at radius 3 is 2.63 bits per heavy atom.